The Kier molecular flexibility index (Phi) is 7.80. The predicted molar refractivity (Wildman–Crippen MR) is 118 cm³/mol. The first-order valence-electron chi connectivity index (χ1n) is 9.54. The Bertz CT molecular complexity index is 1070. The quantitative estimate of drug-likeness (QED) is 0.380. The van der Waals surface area contributed by atoms with Crippen molar-refractivity contribution in [3.63, 3.8) is 0 Å². The first kappa shape index (κ1) is 22.5. The molecule has 0 bridgehead atoms. The summed E-state index contributed by atoms with van der Waals surface area (Å²) in [5, 5.41) is 16.8. The Balaban J connectivity index is 1.53. The molecule has 2 aromatic carbocycles. The van der Waals surface area contributed by atoms with E-state index in [2.05, 4.69) is 5.10 Å². The van der Waals surface area contributed by atoms with E-state index in [0.717, 1.165) is 10.9 Å². The number of aliphatic hydroxyl groups excluding tert-OH is 1. The highest BCUT2D eigenvalue weighted by Gasteiger charge is 2.11. The Morgan fingerprint density at radius 2 is 2.06 bits per heavy atom. The number of methoxy groups -OCH3 is 1. The molecule has 0 spiro atoms. The van der Waals surface area contributed by atoms with E-state index in [1.54, 1.807) is 42.9 Å². The van der Waals surface area contributed by atoms with Crippen LogP contribution in [0.1, 0.15) is 12.0 Å². The van der Waals surface area contributed by atoms with E-state index < -0.39 is 0 Å². The SMILES string of the molecule is COc1cc(OCCC(=O)N(C)N=Cc2csc3c(F)cccc23)ccc1OCCO. The molecule has 1 aromatic heterocycles. The molecule has 9 heteroatoms. The van der Waals surface area contributed by atoms with Crippen LogP contribution in [0.25, 0.3) is 10.1 Å². The van der Waals surface area contributed by atoms with Gasteiger partial charge in [-0.3, -0.25) is 4.79 Å². The van der Waals surface area contributed by atoms with Crippen LogP contribution in [0.15, 0.2) is 46.9 Å². The number of hydrazone groups is 1. The van der Waals surface area contributed by atoms with Crippen molar-refractivity contribution in [1.29, 1.82) is 0 Å². The van der Waals surface area contributed by atoms with Crippen molar-refractivity contribution in [2.45, 2.75) is 6.42 Å². The van der Waals surface area contributed by atoms with E-state index in [4.69, 9.17) is 19.3 Å². The standard InChI is InChI=1S/C22H23FN2O5S/c1-25(24-13-15-14-31-22-17(15)4-3-5-18(22)23)21(27)8-10-29-16-6-7-19(30-11-9-26)20(12-16)28-2/h3-7,12-14,26H,8-11H2,1-2H3. The largest absolute Gasteiger partial charge is 0.493 e. The fourth-order valence-electron chi connectivity index (χ4n) is 2.79. The van der Waals surface area contributed by atoms with Crippen LogP contribution in [-0.4, -0.2) is 56.2 Å². The number of amides is 1. The molecule has 1 N–H and O–H groups in total. The molecule has 0 saturated carbocycles. The molecule has 1 heterocycles. The average Bonchev–Trinajstić information content (AvgIpc) is 3.20. The van der Waals surface area contributed by atoms with E-state index in [1.807, 2.05) is 6.07 Å². The number of rotatable bonds is 10. The molecule has 0 atom stereocenters. The number of benzene rings is 2. The van der Waals surface area contributed by atoms with E-state index in [1.165, 1.54) is 29.5 Å². The number of ether oxygens (including phenoxy) is 3. The van der Waals surface area contributed by atoms with Crippen molar-refractivity contribution in [3.05, 3.63) is 53.2 Å². The van der Waals surface area contributed by atoms with Crippen molar-refractivity contribution < 1.29 is 28.5 Å². The van der Waals surface area contributed by atoms with Gasteiger partial charge in [0.05, 0.1) is 37.7 Å². The van der Waals surface area contributed by atoms with E-state index in [-0.39, 0.29) is 38.0 Å². The highest BCUT2D eigenvalue weighted by molar-refractivity contribution is 7.17. The summed E-state index contributed by atoms with van der Waals surface area (Å²) in [6.07, 6.45) is 1.67. The molecule has 7 nitrogen and oxygen atoms in total. The van der Waals surface area contributed by atoms with Gasteiger partial charge in [-0.1, -0.05) is 12.1 Å². The van der Waals surface area contributed by atoms with Gasteiger partial charge >= 0.3 is 0 Å². The fourth-order valence-corrected chi connectivity index (χ4v) is 3.71. The summed E-state index contributed by atoms with van der Waals surface area (Å²) in [4.78, 5) is 12.3. The van der Waals surface area contributed by atoms with Gasteiger partial charge in [-0.25, -0.2) is 9.40 Å². The molecule has 0 unspecified atom stereocenters. The number of fused-ring (bicyclic) bond motifs is 1. The number of carbonyl (C=O) groups is 1. The van der Waals surface area contributed by atoms with Gasteiger partial charge in [-0.15, -0.1) is 11.3 Å². The maximum Gasteiger partial charge on any atom is 0.245 e. The number of hydrogen-bond donors (Lipinski definition) is 1. The number of thiophene rings is 1. The van der Waals surface area contributed by atoms with Gasteiger partial charge in [0.2, 0.25) is 5.91 Å². The van der Waals surface area contributed by atoms with Crippen molar-refractivity contribution in [2.75, 3.05) is 34.0 Å². The summed E-state index contributed by atoms with van der Waals surface area (Å²) in [5.74, 6) is 0.998. The molecule has 0 aliphatic rings. The summed E-state index contributed by atoms with van der Waals surface area (Å²) in [6.45, 7) is 0.221. The Morgan fingerprint density at radius 3 is 2.84 bits per heavy atom. The van der Waals surface area contributed by atoms with Crippen molar-refractivity contribution in [2.24, 2.45) is 5.10 Å². The lowest BCUT2D eigenvalue weighted by Gasteiger charge is -2.13. The Labute approximate surface area is 183 Å². The third kappa shape index (κ3) is 5.71. The zero-order valence-electron chi connectivity index (χ0n) is 17.2. The van der Waals surface area contributed by atoms with E-state index in [0.29, 0.717) is 21.9 Å². The summed E-state index contributed by atoms with van der Waals surface area (Å²) >= 11 is 1.30. The minimum atomic E-state index is -0.270. The molecular formula is C22H23FN2O5S. The molecule has 0 radical (unpaired) electrons. The zero-order valence-corrected chi connectivity index (χ0v) is 18.0. The predicted octanol–water partition coefficient (Wildman–Crippen LogP) is 3.68. The molecule has 0 fully saturated rings. The van der Waals surface area contributed by atoms with Crippen molar-refractivity contribution in [1.82, 2.24) is 5.01 Å². The second-order valence-corrected chi connectivity index (χ2v) is 7.33. The van der Waals surface area contributed by atoms with Gasteiger partial charge in [0, 0.05) is 29.4 Å². The smallest absolute Gasteiger partial charge is 0.245 e. The number of aliphatic hydroxyl groups is 1. The molecule has 0 saturated heterocycles. The van der Waals surface area contributed by atoms with Gasteiger partial charge in [-0.05, 0) is 18.2 Å². The summed E-state index contributed by atoms with van der Waals surface area (Å²) in [5.41, 5.74) is 0.756. The van der Waals surface area contributed by atoms with Gasteiger partial charge in [0.15, 0.2) is 11.5 Å². The van der Waals surface area contributed by atoms with Crippen molar-refractivity contribution in [3.8, 4) is 17.2 Å². The minimum Gasteiger partial charge on any atom is -0.493 e. The number of carbonyl (C=O) groups excluding carboxylic acids is 1. The van der Waals surface area contributed by atoms with Gasteiger partial charge in [0.25, 0.3) is 0 Å². The molecule has 3 aromatic rings. The summed E-state index contributed by atoms with van der Waals surface area (Å²) < 4.78 is 30.6. The lowest BCUT2D eigenvalue weighted by atomic mass is 10.2. The summed E-state index contributed by atoms with van der Waals surface area (Å²) in [6, 6.07) is 9.91. The van der Waals surface area contributed by atoms with Crippen LogP contribution >= 0.6 is 11.3 Å². The van der Waals surface area contributed by atoms with Gasteiger partial charge in [-0.2, -0.15) is 5.10 Å². The number of hydrogen-bond acceptors (Lipinski definition) is 7. The van der Waals surface area contributed by atoms with Crippen LogP contribution < -0.4 is 14.2 Å². The molecule has 3 rings (SSSR count). The maximum atomic E-state index is 13.8. The second-order valence-electron chi connectivity index (χ2n) is 6.45. The second kappa shape index (κ2) is 10.7. The minimum absolute atomic E-state index is 0.0982. The van der Waals surface area contributed by atoms with Crippen molar-refractivity contribution >= 4 is 33.5 Å². The lowest BCUT2D eigenvalue weighted by Crippen LogP contribution is -2.23. The monoisotopic (exact) mass is 446 g/mol. The Morgan fingerprint density at radius 1 is 1.23 bits per heavy atom. The third-order valence-corrected chi connectivity index (χ3v) is 5.40. The highest BCUT2D eigenvalue weighted by Crippen LogP contribution is 2.31. The fraction of sp³-hybridized carbons (Fsp3) is 0.273. The first-order chi connectivity index (χ1) is 15.0. The van der Waals surface area contributed by atoms with E-state index >= 15 is 0 Å². The molecule has 31 heavy (non-hydrogen) atoms. The lowest BCUT2D eigenvalue weighted by molar-refractivity contribution is -0.130. The van der Waals surface area contributed by atoms with Crippen LogP contribution in [0.4, 0.5) is 4.39 Å². The number of halogens is 1. The zero-order chi connectivity index (χ0) is 22.2. The average molecular weight is 447 g/mol. The van der Waals surface area contributed by atoms with Crippen LogP contribution in [0.5, 0.6) is 17.2 Å². The van der Waals surface area contributed by atoms with Gasteiger partial charge < -0.3 is 19.3 Å². The van der Waals surface area contributed by atoms with E-state index in [9.17, 15) is 9.18 Å². The summed E-state index contributed by atoms with van der Waals surface area (Å²) in [7, 11) is 3.07. The topological polar surface area (TPSA) is 80.6 Å². The molecule has 1 amide bonds. The van der Waals surface area contributed by atoms with Gasteiger partial charge in [0.1, 0.15) is 18.2 Å². The Hall–Kier alpha value is -3.17. The molecular weight excluding hydrogens is 423 g/mol. The molecule has 0 aliphatic carbocycles. The van der Waals surface area contributed by atoms with Crippen LogP contribution in [-0.2, 0) is 4.79 Å². The third-order valence-electron chi connectivity index (χ3n) is 4.38. The maximum absolute atomic E-state index is 13.8. The van der Waals surface area contributed by atoms with Crippen LogP contribution in [0.3, 0.4) is 0 Å². The molecule has 0 aliphatic heterocycles. The van der Waals surface area contributed by atoms with Crippen LogP contribution in [0.2, 0.25) is 0 Å². The first-order valence-corrected chi connectivity index (χ1v) is 10.4. The molecule has 164 valence electrons. The van der Waals surface area contributed by atoms with Crippen LogP contribution in [0, 0.1) is 5.82 Å². The normalized spacial score (nSPS) is 11.1. The number of nitrogens with zero attached hydrogens (tertiary/aromatic N) is 2. The highest BCUT2D eigenvalue weighted by atomic mass is 32.1.